The van der Waals surface area contributed by atoms with Crippen molar-refractivity contribution in [3.05, 3.63) is 53.9 Å². The third-order valence-electron chi connectivity index (χ3n) is 3.88. The SMILES string of the molecule is CCC(N)C(c1ccc(F)cc1)N(C)Cc1nccn1C. The smallest absolute Gasteiger partial charge is 0.123 e. The number of halogens is 1. The highest BCUT2D eigenvalue weighted by Gasteiger charge is 2.24. The van der Waals surface area contributed by atoms with E-state index < -0.39 is 0 Å². The molecule has 2 unspecified atom stereocenters. The molecule has 114 valence electrons. The molecule has 0 amide bonds. The maximum Gasteiger partial charge on any atom is 0.123 e. The third kappa shape index (κ3) is 3.68. The summed E-state index contributed by atoms with van der Waals surface area (Å²) in [7, 11) is 4.00. The van der Waals surface area contributed by atoms with Crippen molar-refractivity contribution in [3.63, 3.8) is 0 Å². The van der Waals surface area contributed by atoms with Gasteiger partial charge in [0.1, 0.15) is 11.6 Å². The Hall–Kier alpha value is -1.72. The molecule has 0 radical (unpaired) electrons. The van der Waals surface area contributed by atoms with E-state index in [4.69, 9.17) is 5.73 Å². The monoisotopic (exact) mass is 290 g/mol. The van der Waals surface area contributed by atoms with Crippen LogP contribution in [-0.2, 0) is 13.6 Å². The molecule has 0 aliphatic heterocycles. The van der Waals surface area contributed by atoms with Crippen LogP contribution in [0.15, 0.2) is 36.7 Å². The highest BCUT2D eigenvalue weighted by molar-refractivity contribution is 5.21. The number of imidazole rings is 1. The number of nitrogens with zero attached hydrogens (tertiary/aromatic N) is 3. The Morgan fingerprint density at radius 1 is 1.33 bits per heavy atom. The third-order valence-corrected chi connectivity index (χ3v) is 3.88. The van der Waals surface area contributed by atoms with E-state index in [1.807, 2.05) is 37.0 Å². The molecular formula is C16H23FN4. The van der Waals surface area contributed by atoms with Gasteiger partial charge in [-0.15, -0.1) is 0 Å². The zero-order chi connectivity index (χ0) is 15.4. The Balaban J connectivity index is 2.23. The van der Waals surface area contributed by atoms with Gasteiger partial charge >= 0.3 is 0 Å². The molecule has 2 N–H and O–H groups in total. The summed E-state index contributed by atoms with van der Waals surface area (Å²) in [6.07, 6.45) is 4.57. The van der Waals surface area contributed by atoms with Gasteiger partial charge in [-0.3, -0.25) is 4.90 Å². The first-order valence-corrected chi connectivity index (χ1v) is 7.20. The van der Waals surface area contributed by atoms with E-state index in [1.54, 1.807) is 6.20 Å². The highest BCUT2D eigenvalue weighted by atomic mass is 19.1. The largest absolute Gasteiger partial charge is 0.337 e. The van der Waals surface area contributed by atoms with Crippen LogP contribution in [0, 0.1) is 5.82 Å². The Kier molecular flexibility index (Phi) is 5.09. The lowest BCUT2D eigenvalue weighted by Crippen LogP contribution is -2.39. The maximum absolute atomic E-state index is 13.1. The number of nitrogens with two attached hydrogens (primary N) is 1. The second-order valence-corrected chi connectivity index (χ2v) is 5.44. The lowest BCUT2D eigenvalue weighted by atomic mass is 9.96. The molecule has 0 aliphatic carbocycles. The number of likely N-dealkylation sites (N-methyl/N-ethyl adjacent to an activating group) is 1. The predicted octanol–water partition coefficient (Wildman–Crippen LogP) is 2.47. The van der Waals surface area contributed by atoms with Crippen LogP contribution in [0.3, 0.4) is 0 Å². The summed E-state index contributed by atoms with van der Waals surface area (Å²) in [4.78, 5) is 6.52. The zero-order valence-corrected chi connectivity index (χ0v) is 12.8. The average Bonchev–Trinajstić information content (AvgIpc) is 2.86. The van der Waals surface area contributed by atoms with Crippen LogP contribution < -0.4 is 5.73 Å². The van der Waals surface area contributed by atoms with Crippen LogP contribution in [0.1, 0.15) is 30.8 Å². The zero-order valence-electron chi connectivity index (χ0n) is 12.8. The van der Waals surface area contributed by atoms with E-state index in [9.17, 15) is 4.39 Å². The summed E-state index contributed by atoms with van der Waals surface area (Å²) in [5, 5.41) is 0. The fraction of sp³-hybridized carbons (Fsp3) is 0.438. The van der Waals surface area contributed by atoms with E-state index in [0.29, 0.717) is 6.54 Å². The van der Waals surface area contributed by atoms with Crippen molar-refractivity contribution in [1.29, 1.82) is 0 Å². The van der Waals surface area contributed by atoms with Crippen LogP contribution in [0.5, 0.6) is 0 Å². The van der Waals surface area contributed by atoms with E-state index in [0.717, 1.165) is 17.8 Å². The molecule has 5 heteroatoms. The van der Waals surface area contributed by atoms with Gasteiger partial charge in [0, 0.05) is 25.5 Å². The molecule has 0 saturated heterocycles. The maximum atomic E-state index is 13.1. The van der Waals surface area contributed by atoms with E-state index >= 15 is 0 Å². The van der Waals surface area contributed by atoms with Crippen LogP contribution in [0.25, 0.3) is 0 Å². The Labute approximate surface area is 125 Å². The standard InChI is InChI=1S/C16H23FN4/c1-4-14(18)16(12-5-7-13(17)8-6-12)21(3)11-15-19-9-10-20(15)2/h5-10,14,16H,4,11,18H2,1-3H3. The molecule has 0 bridgehead atoms. The van der Waals surface area contributed by atoms with Crippen LogP contribution in [0.4, 0.5) is 4.39 Å². The number of benzene rings is 1. The van der Waals surface area contributed by atoms with Crippen LogP contribution in [0.2, 0.25) is 0 Å². The molecular weight excluding hydrogens is 267 g/mol. The molecule has 2 atom stereocenters. The molecule has 2 rings (SSSR count). The highest BCUT2D eigenvalue weighted by Crippen LogP contribution is 2.25. The summed E-state index contributed by atoms with van der Waals surface area (Å²) in [5.74, 6) is 0.752. The summed E-state index contributed by atoms with van der Waals surface area (Å²) in [5.41, 5.74) is 7.32. The molecule has 21 heavy (non-hydrogen) atoms. The fourth-order valence-electron chi connectivity index (χ4n) is 2.58. The number of hydrogen-bond acceptors (Lipinski definition) is 3. The average molecular weight is 290 g/mol. The molecule has 1 heterocycles. The Morgan fingerprint density at radius 2 is 2.00 bits per heavy atom. The molecule has 0 saturated carbocycles. The number of rotatable bonds is 6. The second-order valence-electron chi connectivity index (χ2n) is 5.44. The van der Waals surface area contributed by atoms with Crippen molar-refractivity contribution in [2.75, 3.05) is 7.05 Å². The van der Waals surface area contributed by atoms with Crippen molar-refractivity contribution in [2.45, 2.75) is 32.0 Å². The first kappa shape index (κ1) is 15.7. The van der Waals surface area contributed by atoms with E-state index in [1.165, 1.54) is 12.1 Å². The molecule has 0 fully saturated rings. The van der Waals surface area contributed by atoms with Gasteiger partial charge in [0.05, 0.1) is 12.6 Å². The first-order valence-electron chi connectivity index (χ1n) is 7.20. The van der Waals surface area contributed by atoms with Gasteiger partial charge in [0.15, 0.2) is 0 Å². The summed E-state index contributed by atoms with van der Waals surface area (Å²) in [6.45, 7) is 2.76. The van der Waals surface area contributed by atoms with Crippen LogP contribution in [-0.4, -0.2) is 27.5 Å². The minimum absolute atomic E-state index is 0.0132. The number of aromatic nitrogens is 2. The molecule has 0 aliphatic rings. The lowest BCUT2D eigenvalue weighted by Gasteiger charge is -2.32. The Morgan fingerprint density at radius 3 is 2.52 bits per heavy atom. The minimum Gasteiger partial charge on any atom is -0.337 e. The number of aryl methyl sites for hydroxylation is 1. The van der Waals surface area contributed by atoms with Crippen molar-refractivity contribution in [2.24, 2.45) is 12.8 Å². The summed E-state index contributed by atoms with van der Waals surface area (Å²) < 4.78 is 15.1. The molecule has 0 spiro atoms. The number of hydrogen-bond donors (Lipinski definition) is 1. The van der Waals surface area contributed by atoms with Gasteiger partial charge in [0.25, 0.3) is 0 Å². The Bertz CT molecular complexity index is 564. The topological polar surface area (TPSA) is 47.1 Å². The molecule has 1 aromatic heterocycles. The van der Waals surface area contributed by atoms with Gasteiger partial charge in [-0.25, -0.2) is 9.37 Å². The summed E-state index contributed by atoms with van der Waals surface area (Å²) >= 11 is 0. The lowest BCUT2D eigenvalue weighted by molar-refractivity contribution is 0.195. The fourth-order valence-corrected chi connectivity index (χ4v) is 2.58. The van der Waals surface area contributed by atoms with Crippen molar-refractivity contribution in [3.8, 4) is 0 Å². The molecule has 4 nitrogen and oxygen atoms in total. The van der Waals surface area contributed by atoms with Crippen molar-refractivity contribution < 1.29 is 4.39 Å². The summed E-state index contributed by atoms with van der Waals surface area (Å²) in [6, 6.07) is 6.61. The molecule has 1 aromatic carbocycles. The van der Waals surface area contributed by atoms with Gasteiger partial charge in [-0.05, 0) is 31.2 Å². The van der Waals surface area contributed by atoms with Crippen molar-refractivity contribution in [1.82, 2.24) is 14.5 Å². The van der Waals surface area contributed by atoms with Gasteiger partial charge in [-0.2, -0.15) is 0 Å². The normalized spacial score (nSPS) is 14.4. The van der Waals surface area contributed by atoms with Gasteiger partial charge < -0.3 is 10.3 Å². The minimum atomic E-state index is -0.227. The molecule has 2 aromatic rings. The van der Waals surface area contributed by atoms with Gasteiger partial charge in [0.2, 0.25) is 0 Å². The second kappa shape index (κ2) is 6.83. The predicted molar refractivity (Wildman–Crippen MR) is 82.1 cm³/mol. The van der Waals surface area contributed by atoms with Gasteiger partial charge in [-0.1, -0.05) is 19.1 Å². The van der Waals surface area contributed by atoms with Crippen LogP contribution >= 0.6 is 0 Å². The first-order chi connectivity index (χ1) is 10.0. The van der Waals surface area contributed by atoms with Crippen molar-refractivity contribution >= 4 is 0 Å². The van der Waals surface area contributed by atoms with E-state index in [2.05, 4.69) is 16.8 Å². The van der Waals surface area contributed by atoms with E-state index in [-0.39, 0.29) is 17.9 Å². The quantitative estimate of drug-likeness (QED) is 0.889.